The summed E-state index contributed by atoms with van der Waals surface area (Å²) in [5, 5.41) is 22.7. The first-order valence-electron chi connectivity index (χ1n) is 10.5. The van der Waals surface area contributed by atoms with Crippen molar-refractivity contribution >= 4 is 17.5 Å². The predicted octanol–water partition coefficient (Wildman–Crippen LogP) is 3.19. The molecule has 9 nitrogen and oxygen atoms in total. The zero-order valence-corrected chi connectivity index (χ0v) is 18.9. The van der Waals surface area contributed by atoms with Crippen LogP contribution < -0.4 is 10.3 Å². The van der Waals surface area contributed by atoms with Gasteiger partial charge in [0.2, 0.25) is 0 Å². The highest BCUT2D eigenvalue weighted by molar-refractivity contribution is 6.30. The summed E-state index contributed by atoms with van der Waals surface area (Å²) < 4.78 is 6.37. The molecule has 0 bridgehead atoms. The van der Waals surface area contributed by atoms with Crippen LogP contribution in [-0.4, -0.2) is 49.5 Å². The molecule has 0 unspecified atom stereocenters. The van der Waals surface area contributed by atoms with Gasteiger partial charge >= 0.3 is 0 Å². The third-order valence-corrected chi connectivity index (χ3v) is 6.02. The minimum atomic E-state index is -0.584. The number of carbonyl (C=O) groups is 1. The molecule has 1 amide bonds. The number of amides is 1. The van der Waals surface area contributed by atoms with Gasteiger partial charge in [0, 0.05) is 40.9 Å². The number of H-pyrrole nitrogens is 1. The van der Waals surface area contributed by atoms with Crippen LogP contribution in [0.15, 0.2) is 59.4 Å². The van der Waals surface area contributed by atoms with E-state index >= 15 is 0 Å². The molecule has 2 aromatic carbocycles. The maximum atomic E-state index is 13.4. The number of nitrogens with one attached hydrogen (secondary N) is 1. The van der Waals surface area contributed by atoms with Gasteiger partial charge in [-0.25, -0.2) is 0 Å². The minimum absolute atomic E-state index is 0.217. The molecule has 5 rings (SSSR count). The molecule has 172 valence electrons. The van der Waals surface area contributed by atoms with Gasteiger partial charge in [-0.05, 0) is 24.3 Å². The maximum absolute atomic E-state index is 13.4. The summed E-state index contributed by atoms with van der Waals surface area (Å²) in [6.45, 7) is 0.681. The second-order valence-electron chi connectivity index (χ2n) is 7.81. The Balaban J connectivity index is 1.49. The van der Waals surface area contributed by atoms with Crippen molar-refractivity contribution in [2.24, 2.45) is 0 Å². The molecule has 4 aromatic rings. The molecule has 2 aromatic heterocycles. The highest BCUT2D eigenvalue weighted by Crippen LogP contribution is 2.30. The Morgan fingerprint density at radius 2 is 1.94 bits per heavy atom. The van der Waals surface area contributed by atoms with Crippen molar-refractivity contribution in [1.29, 1.82) is 0 Å². The SMILES string of the molecule is COc1ccccc1-n1nc(C(=O)N2CCc3[nH]nc(-c4ccc(Cl)cc4)c3C2)c(O)cc1=O. The van der Waals surface area contributed by atoms with Crippen LogP contribution >= 0.6 is 11.6 Å². The molecule has 0 saturated heterocycles. The fourth-order valence-electron chi connectivity index (χ4n) is 4.04. The predicted molar refractivity (Wildman–Crippen MR) is 126 cm³/mol. The molecule has 2 N–H and O–H groups in total. The summed E-state index contributed by atoms with van der Waals surface area (Å²) in [6.07, 6.45) is 0.564. The van der Waals surface area contributed by atoms with Crippen molar-refractivity contribution in [1.82, 2.24) is 24.9 Å². The number of fused-ring (bicyclic) bond motifs is 1. The van der Waals surface area contributed by atoms with Crippen molar-refractivity contribution in [3.63, 3.8) is 0 Å². The van der Waals surface area contributed by atoms with E-state index < -0.39 is 17.2 Å². The van der Waals surface area contributed by atoms with Crippen molar-refractivity contribution in [3.8, 4) is 28.4 Å². The molecule has 3 heterocycles. The zero-order chi connectivity index (χ0) is 23.8. The number of hydrogen-bond donors (Lipinski definition) is 2. The Labute approximate surface area is 199 Å². The van der Waals surface area contributed by atoms with Crippen LogP contribution in [0.5, 0.6) is 11.5 Å². The average molecular weight is 478 g/mol. The van der Waals surface area contributed by atoms with Gasteiger partial charge in [-0.3, -0.25) is 14.7 Å². The maximum Gasteiger partial charge on any atom is 0.278 e. The van der Waals surface area contributed by atoms with E-state index in [2.05, 4.69) is 15.3 Å². The average Bonchev–Trinajstić information content (AvgIpc) is 3.27. The smallest absolute Gasteiger partial charge is 0.278 e. The van der Waals surface area contributed by atoms with E-state index in [1.165, 1.54) is 7.11 Å². The normalized spacial score (nSPS) is 12.9. The standard InChI is InChI=1S/C24H20ClN5O4/c1-34-20-5-3-2-4-18(20)30-21(32)12-19(31)23(28-30)24(33)29-11-10-17-16(13-29)22(27-26-17)14-6-8-15(25)9-7-14/h2-9,12,31H,10-11,13H2,1H3,(H,26,27). The highest BCUT2D eigenvalue weighted by atomic mass is 35.5. The quantitative estimate of drug-likeness (QED) is 0.466. The lowest BCUT2D eigenvalue weighted by Crippen LogP contribution is -2.37. The van der Waals surface area contributed by atoms with Gasteiger partial charge in [-0.1, -0.05) is 35.9 Å². The molecule has 0 aliphatic carbocycles. The number of hydrogen-bond acceptors (Lipinski definition) is 6. The van der Waals surface area contributed by atoms with E-state index in [1.807, 2.05) is 12.1 Å². The Bertz CT molecular complexity index is 1440. The molecule has 1 aliphatic heterocycles. The van der Waals surface area contributed by atoms with Gasteiger partial charge in [-0.15, -0.1) is 0 Å². The fraction of sp³-hybridized carbons (Fsp3) is 0.167. The summed E-state index contributed by atoms with van der Waals surface area (Å²) in [4.78, 5) is 27.5. The van der Waals surface area contributed by atoms with Crippen LogP contribution in [0.3, 0.4) is 0 Å². The molecule has 0 fully saturated rings. The molecular formula is C24H20ClN5O4. The van der Waals surface area contributed by atoms with Crippen molar-refractivity contribution in [3.05, 3.63) is 86.9 Å². The van der Waals surface area contributed by atoms with Gasteiger partial charge in [-0.2, -0.15) is 14.9 Å². The second-order valence-corrected chi connectivity index (χ2v) is 8.25. The number of aromatic nitrogens is 4. The first kappa shape index (κ1) is 21.7. The third kappa shape index (κ3) is 3.80. The van der Waals surface area contributed by atoms with Gasteiger partial charge in [0.15, 0.2) is 11.4 Å². The monoisotopic (exact) mass is 477 g/mol. The van der Waals surface area contributed by atoms with Crippen molar-refractivity contribution in [2.45, 2.75) is 13.0 Å². The number of para-hydroxylation sites is 2. The second kappa shape index (κ2) is 8.68. The third-order valence-electron chi connectivity index (χ3n) is 5.77. The van der Waals surface area contributed by atoms with Crippen molar-refractivity contribution in [2.75, 3.05) is 13.7 Å². The van der Waals surface area contributed by atoms with Gasteiger partial charge < -0.3 is 14.7 Å². The number of rotatable bonds is 4. The summed E-state index contributed by atoms with van der Waals surface area (Å²) in [5.74, 6) is -0.554. The van der Waals surface area contributed by atoms with E-state index in [0.29, 0.717) is 29.4 Å². The first-order chi connectivity index (χ1) is 16.5. The summed E-state index contributed by atoms with van der Waals surface area (Å²) in [7, 11) is 1.48. The molecule has 0 atom stereocenters. The van der Waals surface area contributed by atoms with E-state index in [4.69, 9.17) is 16.3 Å². The lowest BCUT2D eigenvalue weighted by Gasteiger charge is -2.27. The summed E-state index contributed by atoms with van der Waals surface area (Å²) in [6, 6.07) is 15.1. The molecular weight excluding hydrogens is 458 g/mol. The van der Waals surface area contributed by atoms with Crippen LogP contribution in [0.2, 0.25) is 5.02 Å². The van der Waals surface area contributed by atoms with E-state index in [1.54, 1.807) is 41.3 Å². The Kier molecular flexibility index (Phi) is 5.54. The fourth-order valence-corrected chi connectivity index (χ4v) is 4.17. The Morgan fingerprint density at radius 1 is 1.18 bits per heavy atom. The summed E-state index contributed by atoms with van der Waals surface area (Å²) in [5.41, 5.74) is 3.02. The first-order valence-corrected chi connectivity index (χ1v) is 10.9. The molecule has 34 heavy (non-hydrogen) atoms. The number of aromatic hydroxyl groups is 1. The van der Waals surface area contributed by atoms with E-state index in [9.17, 15) is 14.7 Å². The molecule has 0 radical (unpaired) electrons. The lowest BCUT2D eigenvalue weighted by atomic mass is 10.0. The molecule has 0 spiro atoms. The number of ether oxygens (including phenoxy) is 1. The minimum Gasteiger partial charge on any atom is -0.505 e. The number of nitrogens with zero attached hydrogens (tertiary/aromatic N) is 4. The largest absolute Gasteiger partial charge is 0.505 e. The molecule has 10 heteroatoms. The Hall–Kier alpha value is -4.11. The number of benzene rings is 2. The lowest BCUT2D eigenvalue weighted by molar-refractivity contribution is 0.0723. The van der Waals surface area contributed by atoms with Crippen LogP contribution in [0.25, 0.3) is 16.9 Å². The number of carbonyl (C=O) groups excluding carboxylic acids is 1. The van der Waals surface area contributed by atoms with E-state index in [-0.39, 0.29) is 12.2 Å². The molecule has 0 saturated carbocycles. The number of halogens is 1. The van der Waals surface area contributed by atoms with Crippen LogP contribution in [-0.2, 0) is 13.0 Å². The van der Waals surface area contributed by atoms with Gasteiger partial charge in [0.05, 0.1) is 19.3 Å². The number of aromatic amines is 1. The zero-order valence-electron chi connectivity index (χ0n) is 18.2. The van der Waals surface area contributed by atoms with Crippen LogP contribution in [0.1, 0.15) is 21.7 Å². The van der Waals surface area contributed by atoms with Gasteiger partial charge in [0.25, 0.3) is 11.5 Å². The van der Waals surface area contributed by atoms with Crippen LogP contribution in [0.4, 0.5) is 0 Å². The topological polar surface area (TPSA) is 113 Å². The van der Waals surface area contributed by atoms with Crippen LogP contribution in [0, 0.1) is 0 Å². The van der Waals surface area contributed by atoms with Crippen molar-refractivity contribution < 1.29 is 14.6 Å². The summed E-state index contributed by atoms with van der Waals surface area (Å²) >= 11 is 6.01. The molecule has 1 aliphatic rings. The van der Waals surface area contributed by atoms with Gasteiger partial charge in [0.1, 0.15) is 11.4 Å². The Morgan fingerprint density at radius 3 is 2.71 bits per heavy atom. The van der Waals surface area contributed by atoms with E-state index in [0.717, 1.165) is 33.3 Å². The number of methoxy groups -OCH3 is 1. The highest BCUT2D eigenvalue weighted by Gasteiger charge is 2.29.